The molecule has 0 bridgehead atoms. The first kappa shape index (κ1) is 15.1. The molecule has 0 aromatic carbocycles. The van der Waals surface area contributed by atoms with Crippen LogP contribution in [-0.2, 0) is 10.0 Å². The molecule has 0 amide bonds. The topological polar surface area (TPSA) is 46.2 Å². The Balaban J connectivity index is 4.38. The largest absolute Gasteiger partial charge is 0.212 e. The third-order valence-corrected chi connectivity index (χ3v) is 3.41. The fourth-order valence-corrected chi connectivity index (χ4v) is 2.26. The van der Waals surface area contributed by atoms with Gasteiger partial charge in [0.1, 0.15) is 0 Å². The molecular weight excluding hydrogens is 222 g/mol. The van der Waals surface area contributed by atoms with Crippen LogP contribution in [0.3, 0.4) is 0 Å². The van der Waals surface area contributed by atoms with Crippen LogP contribution in [0.4, 0.5) is 0 Å². The van der Waals surface area contributed by atoms with Crippen LogP contribution >= 0.6 is 0 Å². The first-order chi connectivity index (χ1) is 7.55. The maximum atomic E-state index is 11.4. The molecule has 0 radical (unpaired) electrons. The van der Waals surface area contributed by atoms with Crippen molar-refractivity contribution in [2.24, 2.45) is 0 Å². The highest BCUT2D eigenvalue weighted by Crippen LogP contribution is 2.00. The second-order valence-electron chi connectivity index (χ2n) is 3.42. The molecule has 0 rings (SSSR count). The number of nitrogens with one attached hydrogen (secondary N) is 1. The third kappa shape index (κ3) is 7.43. The van der Waals surface area contributed by atoms with Gasteiger partial charge in [0.25, 0.3) is 0 Å². The minimum atomic E-state index is -3.12. The van der Waals surface area contributed by atoms with Crippen LogP contribution in [0.25, 0.3) is 0 Å². The van der Waals surface area contributed by atoms with E-state index >= 15 is 0 Å². The van der Waals surface area contributed by atoms with Gasteiger partial charge in [-0.15, -0.1) is 0 Å². The van der Waals surface area contributed by atoms with E-state index in [1.165, 1.54) is 0 Å². The van der Waals surface area contributed by atoms with Gasteiger partial charge in [-0.1, -0.05) is 44.7 Å². The lowest BCUT2D eigenvalue weighted by atomic mass is 10.2. The Labute approximate surface area is 99.0 Å². The van der Waals surface area contributed by atoms with Gasteiger partial charge in [0, 0.05) is 6.54 Å². The minimum absolute atomic E-state index is 0.178. The molecule has 0 spiro atoms. The lowest BCUT2D eigenvalue weighted by Gasteiger charge is -2.06. The summed E-state index contributed by atoms with van der Waals surface area (Å²) < 4.78 is 25.4. The van der Waals surface area contributed by atoms with Gasteiger partial charge < -0.3 is 0 Å². The highest BCUT2D eigenvalue weighted by atomic mass is 32.2. The molecule has 92 valence electrons. The van der Waals surface area contributed by atoms with Gasteiger partial charge in [0.05, 0.1) is 5.75 Å². The Morgan fingerprint density at radius 2 is 2.06 bits per heavy atom. The summed E-state index contributed by atoms with van der Waals surface area (Å²) in [4.78, 5) is 0. The second-order valence-corrected chi connectivity index (χ2v) is 5.35. The molecule has 0 aliphatic rings. The van der Waals surface area contributed by atoms with E-state index in [0.717, 1.165) is 12.0 Å². The summed E-state index contributed by atoms with van der Waals surface area (Å²) in [6.07, 6.45) is 8.84. The van der Waals surface area contributed by atoms with Crippen molar-refractivity contribution >= 4 is 10.0 Å². The second kappa shape index (κ2) is 8.30. The van der Waals surface area contributed by atoms with Crippen LogP contribution in [0.2, 0.25) is 0 Å². The van der Waals surface area contributed by atoms with Crippen LogP contribution in [0.5, 0.6) is 0 Å². The molecule has 0 atom stereocenters. The predicted molar refractivity (Wildman–Crippen MR) is 69.8 cm³/mol. The molecule has 0 aromatic rings. The summed E-state index contributed by atoms with van der Waals surface area (Å²) in [6, 6.07) is 0. The molecule has 0 aliphatic heterocycles. The van der Waals surface area contributed by atoms with Gasteiger partial charge in [-0.3, -0.25) is 0 Å². The van der Waals surface area contributed by atoms with Crippen molar-refractivity contribution in [1.82, 2.24) is 4.72 Å². The van der Waals surface area contributed by atoms with E-state index < -0.39 is 10.0 Å². The Morgan fingerprint density at radius 1 is 1.38 bits per heavy atom. The molecular formula is C12H21NO2S. The normalized spacial score (nSPS) is 13.2. The van der Waals surface area contributed by atoms with E-state index in [1.54, 1.807) is 12.2 Å². The Bertz CT molecular complexity index is 353. The van der Waals surface area contributed by atoms with E-state index in [2.05, 4.69) is 11.3 Å². The van der Waals surface area contributed by atoms with Crippen molar-refractivity contribution in [2.45, 2.75) is 26.7 Å². The molecule has 0 heterocycles. The van der Waals surface area contributed by atoms with Crippen molar-refractivity contribution < 1.29 is 8.42 Å². The van der Waals surface area contributed by atoms with Gasteiger partial charge in [-0.25, -0.2) is 13.1 Å². The summed E-state index contributed by atoms with van der Waals surface area (Å²) in [5, 5.41) is 0. The smallest absolute Gasteiger partial charge is 0.211 e. The number of hydrogen-bond acceptors (Lipinski definition) is 2. The number of sulfonamides is 1. The van der Waals surface area contributed by atoms with Gasteiger partial charge in [-0.05, 0) is 18.4 Å². The van der Waals surface area contributed by atoms with Crippen molar-refractivity contribution in [3.63, 3.8) is 0 Å². The van der Waals surface area contributed by atoms with E-state index in [4.69, 9.17) is 0 Å². The lowest BCUT2D eigenvalue weighted by molar-refractivity contribution is 0.583. The van der Waals surface area contributed by atoms with Gasteiger partial charge >= 0.3 is 0 Å². The van der Waals surface area contributed by atoms with Crippen LogP contribution in [0, 0.1) is 0 Å². The fourth-order valence-electron chi connectivity index (χ4n) is 1.19. The number of hydrogen-bond donors (Lipinski definition) is 1. The zero-order chi connectivity index (χ0) is 12.4. The van der Waals surface area contributed by atoms with Crippen molar-refractivity contribution in [2.75, 3.05) is 12.3 Å². The number of rotatable bonds is 8. The zero-order valence-corrected chi connectivity index (χ0v) is 10.9. The average molecular weight is 243 g/mol. The molecule has 1 N–H and O–H groups in total. The Hall–Kier alpha value is -0.870. The molecule has 3 nitrogen and oxygen atoms in total. The molecule has 0 saturated carbocycles. The quantitative estimate of drug-likeness (QED) is 0.665. The summed E-state index contributed by atoms with van der Waals surface area (Å²) in [6.45, 7) is 7.79. The van der Waals surface area contributed by atoms with Crippen LogP contribution < -0.4 is 4.72 Å². The third-order valence-electron chi connectivity index (χ3n) is 1.88. The standard InChI is InChI=1S/C12H21NO2S/c1-4-7-9-12(8-5-2)11-13-16(14,15)10-6-3/h4,7-9,13H,1,5-6,10-11H2,2-3H3/b9-7-,12-8+. The van der Waals surface area contributed by atoms with E-state index in [0.29, 0.717) is 13.0 Å². The lowest BCUT2D eigenvalue weighted by Crippen LogP contribution is -2.27. The van der Waals surface area contributed by atoms with Crippen molar-refractivity contribution in [3.8, 4) is 0 Å². The van der Waals surface area contributed by atoms with Crippen LogP contribution in [0.1, 0.15) is 26.7 Å². The Kier molecular flexibility index (Phi) is 7.85. The molecule has 4 heteroatoms. The zero-order valence-electron chi connectivity index (χ0n) is 10.1. The molecule has 0 aliphatic carbocycles. The summed E-state index contributed by atoms with van der Waals surface area (Å²) in [7, 11) is -3.12. The highest BCUT2D eigenvalue weighted by Gasteiger charge is 2.07. The molecule has 0 saturated heterocycles. The minimum Gasteiger partial charge on any atom is -0.212 e. The molecule has 0 unspecified atom stereocenters. The van der Waals surface area contributed by atoms with E-state index in [9.17, 15) is 8.42 Å². The first-order valence-electron chi connectivity index (χ1n) is 5.51. The maximum absolute atomic E-state index is 11.4. The van der Waals surface area contributed by atoms with E-state index in [-0.39, 0.29) is 5.75 Å². The predicted octanol–water partition coefficient (Wildman–Crippen LogP) is 2.39. The van der Waals surface area contributed by atoms with Crippen LogP contribution in [0.15, 0.2) is 36.5 Å². The monoisotopic (exact) mass is 243 g/mol. The summed E-state index contributed by atoms with van der Waals surface area (Å²) in [5.74, 6) is 0.178. The molecule has 0 aromatic heterocycles. The first-order valence-corrected chi connectivity index (χ1v) is 7.16. The van der Waals surface area contributed by atoms with Gasteiger partial charge in [0.2, 0.25) is 10.0 Å². The maximum Gasteiger partial charge on any atom is 0.211 e. The van der Waals surface area contributed by atoms with Gasteiger partial charge in [0.15, 0.2) is 0 Å². The summed E-state index contributed by atoms with van der Waals surface area (Å²) >= 11 is 0. The van der Waals surface area contributed by atoms with Crippen molar-refractivity contribution in [1.29, 1.82) is 0 Å². The fraction of sp³-hybridized carbons (Fsp3) is 0.500. The number of allylic oxidation sites excluding steroid dienone is 3. The summed E-state index contributed by atoms with van der Waals surface area (Å²) in [5.41, 5.74) is 0.960. The molecule has 0 fully saturated rings. The Morgan fingerprint density at radius 3 is 2.56 bits per heavy atom. The van der Waals surface area contributed by atoms with E-state index in [1.807, 2.05) is 26.0 Å². The average Bonchev–Trinajstić information content (AvgIpc) is 2.22. The SMILES string of the molecule is C=C/C=C\C(=C/CC)CNS(=O)(=O)CCC. The molecule has 16 heavy (non-hydrogen) atoms. The van der Waals surface area contributed by atoms with Crippen LogP contribution in [-0.4, -0.2) is 20.7 Å². The highest BCUT2D eigenvalue weighted by molar-refractivity contribution is 7.89. The van der Waals surface area contributed by atoms with Crippen molar-refractivity contribution in [3.05, 3.63) is 36.5 Å². The van der Waals surface area contributed by atoms with Gasteiger partial charge in [-0.2, -0.15) is 0 Å².